The first-order chi connectivity index (χ1) is 19.8. The van der Waals surface area contributed by atoms with Gasteiger partial charge in [0.2, 0.25) is 0 Å². The van der Waals surface area contributed by atoms with Gasteiger partial charge in [0, 0.05) is 52.0 Å². The second-order valence-electron chi connectivity index (χ2n) is 10.2. The molecule has 3 aromatic rings. The molecule has 4 N–H and O–H groups in total. The monoisotopic (exact) mass is 562 g/mol. The Labute approximate surface area is 240 Å². The highest BCUT2D eigenvalue weighted by atomic mass is 19.1. The fourth-order valence-electron chi connectivity index (χ4n) is 4.62. The van der Waals surface area contributed by atoms with Gasteiger partial charge in [-0.25, -0.2) is 19.2 Å². The molecule has 0 radical (unpaired) electrons. The number of benzene rings is 1. The van der Waals surface area contributed by atoms with Gasteiger partial charge in [-0.1, -0.05) is 18.6 Å². The van der Waals surface area contributed by atoms with Gasteiger partial charge in [-0.15, -0.1) is 0 Å². The molecule has 1 aliphatic heterocycles. The minimum absolute atomic E-state index is 0.0453. The molecule has 1 aliphatic rings. The molecule has 2 aromatic heterocycles. The standard InChI is InChI=1S/C30H39FN8O2/c1-4-32-28-23(29(40)33-14-17-39-15-6-5-7-16-39)10-12-25(36-28)22-9-11-26(24(31)18-22)37-30(41)35-20-21-8-13-27(34-19-21)38(2)3/h8-13,18-19H,4-7,14-17,20H2,1-3H3,(H,32,36)(H,33,40)(H2,35,37,41). The lowest BCUT2D eigenvalue weighted by Crippen LogP contribution is -2.37. The van der Waals surface area contributed by atoms with Crippen LogP contribution in [0.3, 0.4) is 0 Å². The van der Waals surface area contributed by atoms with Crippen LogP contribution in [-0.2, 0) is 6.54 Å². The van der Waals surface area contributed by atoms with E-state index in [1.807, 2.05) is 38.1 Å². The molecule has 1 saturated heterocycles. The molecule has 0 aliphatic carbocycles. The largest absolute Gasteiger partial charge is 0.370 e. The molecule has 0 saturated carbocycles. The van der Waals surface area contributed by atoms with Gasteiger partial charge in [0.25, 0.3) is 5.91 Å². The molecule has 3 amide bonds. The molecule has 10 nitrogen and oxygen atoms in total. The number of amides is 3. The first-order valence-electron chi connectivity index (χ1n) is 14.1. The smallest absolute Gasteiger partial charge is 0.319 e. The van der Waals surface area contributed by atoms with Gasteiger partial charge in [0.15, 0.2) is 0 Å². The molecule has 1 aromatic carbocycles. The zero-order valence-corrected chi connectivity index (χ0v) is 24.0. The Hall–Kier alpha value is -4.25. The van der Waals surface area contributed by atoms with Gasteiger partial charge < -0.3 is 31.1 Å². The molecule has 0 spiro atoms. The van der Waals surface area contributed by atoms with E-state index in [4.69, 9.17) is 0 Å². The van der Waals surface area contributed by atoms with E-state index in [1.54, 1.807) is 24.4 Å². The van der Waals surface area contributed by atoms with Crippen LogP contribution >= 0.6 is 0 Å². The van der Waals surface area contributed by atoms with E-state index in [9.17, 15) is 14.0 Å². The van der Waals surface area contributed by atoms with Crippen LogP contribution < -0.4 is 26.2 Å². The van der Waals surface area contributed by atoms with E-state index < -0.39 is 11.8 Å². The predicted octanol–water partition coefficient (Wildman–Crippen LogP) is 4.32. The summed E-state index contributed by atoms with van der Waals surface area (Å²) in [6.45, 7) is 6.30. The van der Waals surface area contributed by atoms with Gasteiger partial charge in [0.1, 0.15) is 17.5 Å². The van der Waals surface area contributed by atoms with E-state index in [0.29, 0.717) is 35.7 Å². The van der Waals surface area contributed by atoms with Gasteiger partial charge in [-0.05, 0) is 68.8 Å². The number of hydrogen-bond acceptors (Lipinski definition) is 7. The molecule has 11 heteroatoms. The number of nitrogens with zero attached hydrogens (tertiary/aromatic N) is 4. The third kappa shape index (κ3) is 8.37. The lowest BCUT2D eigenvalue weighted by Gasteiger charge is -2.26. The van der Waals surface area contributed by atoms with Crippen LogP contribution in [0.2, 0.25) is 0 Å². The number of piperidine rings is 1. The van der Waals surface area contributed by atoms with Crippen molar-refractivity contribution in [1.82, 2.24) is 25.5 Å². The van der Waals surface area contributed by atoms with E-state index in [-0.39, 0.29) is 18.1 Å². The fraction of sp³-hybridized carbons (Fsp3) is 0.400. The van der Waals surface area contributed by atoms with Crippen LogP contribution in [0, 0.1) is 5.82 Å². The fourth-order valence-corrected chi connectivity index (χ4v) is 4.62. The Morgan fingerprint density at radius 3 is 2.51 bits per heavy atom. The summed E-state index contributed by atoms with van der Waals surface area (Å²) in [5, 5.41) is 11.4. The third-order valence-electron chi connectivity index (χ3n) is 6.88. The van der Waals surface area contributed by atoms with Crippen molar-refractivity contribution in [3.05, 3.63) is 65.6 Å². The number of rotatable bonds is 11. The van der Waals surface area contributed by atoms with E-state index >= 15 is 0 Å². The van der Waals surface area contributed by atoms with Crippen molar-refractivity contribution in [3.63, 3.8) is 0 Å². The van der Waals surface area contributed by atoms with Crippen LogP contribution in [0.1, 0.15) is 42.1 Å². The van der Waals surface area contributed by atoms with Gasteiger partial charge in [0.05, 0.1) is 16.9 Å². The van der Waals surface area contributed by atoms with Crippen LogP contribution in [0.15, 0.2) is 48.7 Å². The topological polar surface area (TPSA) is 115 Å². The number of carbonyl (C=O) groups excluding carboxylic acids is 2. The maximum Gasteiger partial charge on any atom is 0.319 e. The second-order valence-corrected chi connectivity index (χ2v) is 10.2. The minimum atomic E-state index is -0.596. The molecule has 41 heavy (non-hydrogen) atoms. The molecule has 4 rings (SSSR count). The summed E-state index contributed by atoms with van der Waals surface area (Å²) in [5.41, 5.74) is 2.34. The number of nitrogens with one attached hydrogen (secondary N) is 4. The number of halogens is 1. The summed E-state index contributed by atoms with van der Waals surface area (Å²) < 4.78 is 15.0. The molecular weight excluding hydrogens is 523 g/mol. The zero-order valence-electron chi connectivity index (χ0n) is 24.0. The number of hydrogen-bond donors (Lipinski definition) is 4. The van der Waals surface area contributed by atoms with Crippen molar-refractivity contribution in [2.24, 2.45) is 0 Å². The van der Waals surface area contributed by atoms with Crippen LogP contribution in [0.4, 0.5) is 26.5 Å². The molecule has 1 fully saturated rings. The Morgan fingerprint density at radius 1 is 1.02 bits per heavy atom. The summed E-state index contributed by atoms with van der Waals surface area (Å²) in [5.74, 6) is 0.461. The number of aromatic nitrogens is 2. The lowest BCUT2D eigenvalue weighted by molar-refractivity contribution is 0.0947. The number of carbonyl (C=O) groups is 2. The average molecular weight is 563 g/mol. The highest BCUT2D eigenvalue weighted by Crippen LogP contribution is 2.26. The molecule has 0 unspecified atom stereocenters. The zero-order chi connectivity index (χ0) is 29.2. The summed E-state index contributed by atoms with van der Waals surface area (Å²) in [7, 11) is 3.80. The lowest BCUT2D eigenvalue weighted by atomic mass is 10.1. The first-order valence-corrected chi connectivity index (χ1v) is 14.1. The number of likely N-dealkylation sites (tertiary alicyclic amines) is 1. The van der Waals surface area contributed by atoms with Crippen molar-refractivity contribution in [2.45, 2.75) is 32.7 Å². The van der Waals surface area contributed by atoms with Gasteiger partial charge in [-0.3, -0.25) is 4.79 Å². The summed E-state index contributed by atoms with van der Waals surface area (Å²) in [6, 6.07) is 11.1. The Kier molecular flexibility index (Phi) is 10.4. The summed E-state index contributed by atoms with van der Waals surface area (Å²) >= 11 is 0. The second kappa shape index (κ2) is 14.4. The average Bonchev–Trinajstić information content (AvgIpc) is 2.98. The number of pyridine rings is 2. The van der Waals surface area contributed by atoms with E-state index in [1.165, 1.54) is 31.4 Å². The summed E-state index contributed by atoms with van der Waals surface area (Å²) in [6.07, 6.45) is 5.37. The molecule has 3 heterocycles. The van der Waals surface area contributed by atoms with E-state index in [0.717, 1.165) is 31.0 Å². The Morgan fingerprint density at radius 2 is 1.83 bits per heavy atom. The van der Waals surface area contributed by atoms with Crippen molar-refractivity contribution in [1.29, 1.82) is 0 Å². The first kappa shape index (κ1) is 29.7. The summed E-state index contributed by atoms with van der Waals surface area (Å²) in [4.78, 5) is 38.4. The Balaban J connectivity index is 1.36. The molecule has 218 valence electrons. The van der Waals surface area contributed by atoms with Crippen molar-refractivity contribution < 1.29 is 14.0 Å². The number of anilines is 3. The van der Waals surface area contributed by atoms with Gasteiger partial charge >= 0.3 is 6.03 Å². The van der Waals surface area contributed by atoms with Crippen LogP contribution in [-0.4, -0.2) is 73.6 Å². The van der Waals surface area contributed by atoms with Gasteiger partial charge in [-0.2, -0.15) is 0 Å². The number of urea groups is 1. The maximum atomic E-state index is 15.0. The Bertz CT molecular complexity index is 1330. The highest BCUT2D eigenvalue weighted by molar-refractivity contribution is 5.99. The maximum absolute atomic E-state index is 15.0. The normalized spacial score (nSPS) is 13.4. The van der Waals surface area contributed by atoms with Crippen molar-refractivity contribution >= 4 is 29.3 Å². The molecule has 0 bridgehead atoms. The molecule has 0 atom stereocenters. The minimum Gasteiger partial charge on any atom is -0.370 e. The van der Waals surface area contributed by atoms with E-state index in [2.05, 4.69) is 36.1 Å². The predicted molar refractivity (Wildman–Crippen MR) is 161 cm³/mol. The third-order valence-corrected chi connectivity index (χ3v) is 6.88. The quantitative estimate of drug-likeness (QED) is 0.275. The highest BCUT2D eigenvalue weighted by Gasteiger charge is 2.16. The van der Waals surface area contributed by atoms with Crippen LogP contribution in [0.5, 0.6) is 0 Å². The SMILES string of the molecule is CCNc1nc(-c2ccc(NC(=O)NCc3ccc(N(C)C)nc3)c(F)c2)ccc1C(=O)NCCN1CCCCC1. The van der Waals surface area contributed by atoms with Crippen molar-refractivity contribution in [3.8, 4) is 11.3 Å². The van der Waals surface area contributed by atoms with Crippen LogP contribution in [0.25, 0.3) is 11.3 Å². The van der Waals surface area contributed by atoms with Crippen molar-refractivity contribution in [2.75, 3.05) is 62.4 Å². The molecular formula is C30H39FN8O2.